The smallest absolute Gasteiger partial charge is 0.132 e. The Morgan fingerprint density at radius 1 is 1.19 bits per heavy atom. The van der Waals surface area contributed by atoms with E-state index in [1.165, 1.54) is 36.3 Å². The number of unbranched alkanes of at least 4 members (excludes halogenated alkanes) is 2. The Kier molecular flexibility index (Phi) is 5.66. The van der Waals surface area contributed by atoms with E-state index >= 15 is 0 Å². The summed E-state index contributed by atoms with van der Waals surface area (Å²) in [6, 6.07) is 4.42. The molecule has 21 heavy (non-hydrogen) atoms. The molecule has 3 nitrogen and oxygen atoms in total. The Labute approximate surface area is 129 Å². The third kappa shape index (κ3) is 4.23. The van der Waals surface area contributed by atoms with Gasteiger partial charge in [0.05, 0.1) is 0 Å². The van der Waals surface area contributed by atoms with Crippen molar-refractivity contribution in [2.75, 3.05) is 31.1 Å². The van der Waals surface area contributed by atoms with Gasteiger partial charge in [-0.05, 0) is 38.3 Å². The molecule has 1 aliphatic rings. The Hall–Kier alpha value is -1.51. The van der Waals surface area contributed by atoms with Gasteiger partial charge < -0.3 is 9.80 Å². The molecule has 2 rings (SSSR count). The van der Waals surface area contributed by atoms with Gasteiger partial charge in [0.1, 0.15) is 5.82 Å². The SMILES string of the molecule is C=C(C)N1CCN(c2nc(C)ccc2CCCCC)CC1. The van der Waals surface area contributed by atoms with E-state index in [2.05, 4.69) is 49.3 Å². The predicted octanol–water partition coefficient (Wildman–Crippen LogP) is 3.78. The highest BCUT2D eigenvalue weighted by atomic mass is 15.3. The van der Waals surface area contributed by atoms with Crippen LogP contribution in [0.1, 0.15) is 44.4 Å². The maximum Gasteiger partial charge on any atom is 0.132 e. The Bertz CT molecular complexity index is 473. The Balaban J connectivity index is 2.07. The summed E-state index contributed by atoms with van der Waals surface area (Å²) >= 11 is 0. The molecule has 0 bridgehead atoms. The van der Waals surface area contributed by atoms with Crippen LogP contribution in [0.15, 0.2) is 24.4 Å². The lowest BCUT2D eigenvalue weighted by Gasteiger charge is -2.37. The van der Waals surface area contributed by atoms with E-state index in [1.54, 1.807) is 0 Å². The van der Waals surface area contributed by atoms with Gasteiger partial charge in [0.15, 0.2) is 0 Å². The molecule has 0 aromatic carbocycles. The number of hydrogen-bond donors (Lipinski definition) is 0. The second-order valence-electron chi connectivity index (χ2n) is 6.10. The van der Waals surface area contributed by atoms with Crippen molar-refractivity contribution in [1.29, 1.82) is 0 Å². The van der Waals surface area contributed by atoms with Crippen LogP contribution in [0, 0.1) is 6.92 Å². The summed E-state index contributed by atoms with van der Waals surface area (Å²) in [5, 5.41) is 0. The van der Waals surface area contributed by atoms with E-state index in [4.69, 9.17) is 4.98 Å². The molecule has 1 fully saturated rings. The number of aromatic nitrogens is 1. The van der Waals surface area contributed by atoms with Crippen LogP contribution in [-0.4, -0.2) is 36.1 Å². The summed E-state index contributed by atoms with van der Waals surface area (Å²) in [5.74, 6) is 1.22. The molecule has 0 spiro atoms. The van der Waals surface area contributed by atoms with Crippen LogP contribution in [0.2, 0.25) is 0 Å². The number of rotatable bonds is 6. The summed E-state index contributed by atoms with van der Waals surface area (Å²) in [4.78, 5) is 9.65. The molecule has 0 saturated carbocycles. The number of allylic oxidation sites excluding steroid dienone is 1. The average Bonchev–Trinajstić information content (AvgIpc) is 2.49. The van der Waals surface area contributed by atoms with Crippen LogP contribution in [0.3, 0.4) is 0 Å². The first-order valence-corrected chi connectivity index (χ1v) is 8.23. The minimum atomic E-state index is 1.05. The van der Waals surface area contributed by atoms with Gasteiger partial charge in [-0.2, -0.15) is 0 Å². The quantitative estimate of drug-likeness (QED) is 0.742. The molecule has 0 unspecified atom stereocenters. The maximum atomic E-state index is 4.83. The molecule has 1 saturated heterocycles. The molecule has 0 amide bonds. The Morgan fingerprint density at radius 2 is 1.90 bits per heavy atom. The van der Waals surface area contributed by atoms with Crippen molar-refractivity contribution in [3.8, 4) is 0 Å². The molecule has 0 N–H and O–H groups in total. The minimum absolute atomic E-state index is 1.05. The fourth-order valence-electron chi connectivity index (χ4n) is 2.91. The normalized spacial score (nSPS) is 15.4. The zero-order valence-electron chi connectivity index (χ0n) is 13.9. The van der Waals surface area contributed by atoms with Crippen LogP contribution >= 0.6 is 0 Å². The average molecular weight is 287 g/mol. The zero-order chi connectivity index (χ0) is 15.2. The van der Waals surface area contributed by atoms with Crippen molar-refractivity contribution in [1.82, 2.24) is 9.88 Å². The van der Waals surface area contributed by atoms with E-state index in [9.17, 15) is 0 Å². The van der Waals surface area contributed by atoms with E-state index in [0.717, 1.165) is 38.3 Å². The lowest BCUT2D eigenvalue weighted by molar-refractivity contribution is 0.322. The van der Waals surface area contributed by atoms with E-state index in [-0.39, 0.29) is 0 Å². The van der Waals surface area contributed by atoms with E-state index in [1.807, 2.05) is 0 Å². The highest BCUT2D eigenvalue weighted by molar-refractivity contribution is 5.48. The number of aryl methyl sites for hydroxylation is 2. The monoisotopic (exact) mass is 287 g/mol. The summed E-state index contributed by atoms with van der Waals surface area (Å²) in [6.07, 6.45) is 4.99. The summed E-state index contributed by atoms with van der Waals surface area (Å²) in [7, 11) is 0. The van der Waals surface area contributed by atoms with Crippen LogP contribution in [0.25, 0.3) is 0 Å². The lowest BCUT2D eigenvalue weighted by Crippen LogP contribution is -2.46. The van der Waals surface area contributed by atoms with Crippen LogP contribution in [0.5, 0.6) is 0 Å². The molecule has 1 aliphatic heterocycles. The van der Waals surface area contributed by atoms with Gasteiger partial charge in [-0.15, -0.1) is 0 Å². The number of piperazine rings is 1. The topological polar surface area (TPSA) is 19.4 Å². The fourth-order valence-corrected chi connectivity index (χ4v) is 2.91. The third-order valence-electron chi connectivity index (χ3n) is 4.26. The van der Waals surface area contributed by atoms with Gasteiger partial charge in [-0.3, -0.25) is 0 Å². The molecule has 1 aromatic heterocycles. The van der Waals surface area contributed by atoms with Gasteiger partial charge in [-0.1, -0.05) is 32.4 Å². The van der Waals surface area contributed by atoms with Crippen molar-refractivity contribution < 1.29 is 0 Å². The molecule has 116 valence electrons. The first kappa shape index (κ1) is 15.9. The second-order valence-corrected chi connectivity index (χ2v) is 6.10. The van der Waals surface area contributed by atoms with E-state index < -0.39 is 0 Å². The maximum absolute atomic E-state index is 4.83. The van der Waals surface area contributed by atoms with Crippen molar-refractivity contribution >= 4 is 5.82 Å². The molecule has 0 atom stereocenters. The highest BCUT2D eigenvalue weighted by Crippen LogP contribution is 2.23. The van der Waals surface area contributed by atoms with Gasteiger partial charge >= 0.3 is 0 Å². The molecular formula is C18H29N3. The van der Waals surface area contributed by atoms with Gasteiger partial charge in [0.2, 0.25) is 0 Å². The van der Waals surface area contributed by atoms with Gasteiger partial charge in [0, 0.05) is 37.6 Å². The van der Waals surface area contributed by atoms with Crippen LogP contribution < -0.4 is 4.90 Å². The summed E-state index contributed by atoms with van der Waals surface area (Å²) < 4.78 is 0. The Morgan fingerprint density at radius 3 is 2.52 bits per heavy atom. The standard InChI is InChI=1S/C18H29N3/c1-5-6-7-8-17-10-9-16(4)19-18(17)21-13-11-20(12-14-21)15(2)3/h9-10H,2,5-8,11-14H2,1,3-4H3. The second kappa shape index (κ2) is 7.48. The molecule has 2 heterocycles. The third-order valence-corrected chi connectivity index (χ3v) is 4.26. The summed E-state index contributed by atoms with van der Waals surface area (Å²) in [5.41, 5.74) is 3.71. The minimum Gasteiger partial charge on any atom is -0.372 e. The first-order chi connectivity index (χ1) is 10.1. The van der Waals surface area contributed by atoms with Crippen molar-refractivity contribution in [2.24, 2.45) is 0 Å². The molecular weight excluding hydrogens is 258 g/mol. The van der Waals surface area contributed by atoms with Crippen molar-refractivity contribution in [3.63, 3.8) is 0 Å². The molecule has 3 heteroatoms. The fraction of sp³-hybridized carbons (Fsp3) is 0.611. The van der Waals surface area contributed by atoms with Gasteiger partial charge in [-0.25, -0.2) is 4.98 Å². The number of anilines is 1. The first-order valence-electron chi connectivity index (χ1n) is 8.23. The highest BCUT2D eigenvalue weighted by Gasteiger charge is 2.19. The zero-order valence-corrected chi connectivity index (χ0v) is 13.9. The predicted molar refractivity (Wildman–Crippen MR) is 90.8 cm³/mol. The van der Waals surface area contributed by atoms with Crippen LogP contribution in [-0.2, 0) is 6.42 Å². The largest absolute Gasteiger partial charge is 0.372 e. The molecule has 0 radical (unpaired) electrons. The summed E-state index contributed by atoms with van der Waals surface area (Å²) in [6.45, 7) is 14.7. The van der Waals surface area contributed by atoms with E-state index in [0.29, 0.717) is 0 Å². The van der Waals surface area contributed by atoms with Crippen LogP contribution in [0.4, 0.5) is 5.82 Å². The molecule has 0 aliphatic carbocycles. The number of pyridine rings is 1. The van der Waals surface area contributed by atoms with Crippen molar-refractivity contribution in [3.05, 3.63) is 35.7 Å². The lowest BCUT2D eigenvalue weighted by atomic mass is 10.1. The van der Waals surface area contributed by atoms with Gasteiger partial charge in [0.25, 0.3) is 0 Å². The molecule has 1 aromatic rings. The number of hydrogen-bond acceptors (Lipinski definition) is 3. The number of nitrogens with zero attached hydrogens (tertiary/aromatic N) is 3. The van der Waals surface area contributed by atoms with Crippen molar-refractivity contribution in [2.45, 2.75) is 46.5 Å².